The molecule has 0 N–H and O–H groups in total. The van der Waals surface area contributed by atoms with Gasteiger partial charge in [-0.25, -0.2) is 4.98 Å². The van der Waals surface area contributed by atoms with Crippen LogP contribution in [0.25, 0.3) is 0 Å². The monoisotopic (exact) mass is 362 g/mol. The van der Waals surface area contributed by atoms with Crippen molar-refractivity contribution in [3.8, 4) is 0 Å². The third-order valence-electron chi connectivity index (χ3n) is 4.68. The Labute approximate surface area is 138 Å². The summed E-state index contributed by atoms with van der Waals surface area (Å²) in [6.45, 7) is 6.52. The molecule has 2 saturated heterocycles. The van der Waals surface area contributed by atoms with Crippen molar-refractivity contribution in [2.24, 2.45) is 11.8 Å². The second-order valence-corrected chi connectivity index (χ2v) is 7.06. The van der Waals surface area contributed by atoms with Gasteiger partial charge >= 0.3 is 0 Å². The fourth-order valence-electron chi connectivity index (χ4n) is 3.60. The number of rotatable bonds is 4. The Balaban J connectivity index is 1.31. The van der Waals surface area contributed by atoms with Gasteiger partial charge in [0.1, 0.15) is 5.82 Å². The van der Waals surface area contributed by atoms with Gasteiger partial charge in [0.25, 0.3) is 0 Å². The number of halogens is 1. The van der Waals surface area contributed by atoms with Gasteiger partial charge < -0.3 is 9.80 Å². The molecule has 6 nitrogen and oxygen atoms in total. The van der Waals surface area contributed by atoms with E-state index in [1.165, 1.54) is 13.1 Å². The third-order valence-corrected chi connectivity index (χ3v) is 5.15. The molecule has 0 aromatic carbocycles. The van der Waals surface area contributed by atoms with Crippen LogP contribution in [0.5, 0.6) is 0 Å². The number of anilines is 1. The predicted molar refractivity (Wildman–Crippen MR) is 87.6 cm³/mol. The topological polar surface area (TPSA) is 50.1 Å². The van der Waals surface area contributed by atoms with Crippen molar-refractivity contribution in [2.45, 2.75) is 6.54 Å². The largest absolute Gasteiger partial charge is 0.356 e. The Kier molecular flexibility index (Phi) is 3.83. The van der Waals surface area contributed by atoms with Crippen molar-refractivity contribution in [1.29, 1.82) is 0 Å². The number of hydrogen-bond donors (Lipinski definition) is 0. The lowest BCUT2D eigenvalue weighted by molar-refractivity contribution is 0.289. The predicted octanol–water partition coefficient (Wildman–Crippen LogP) is 1.50. The summed E-state index contributed by atoms with van der Waals surface area (Å²) in [6.07, 6.45) is 5.36. The first kappa shape index (κ1) is 14.1. The molecule has 2 aromatic heterocycles. The van der Waals surface area contributed by atoms with E-state index >= 15 is 0 Å². The molecule has 0 bridgehead atoms. The normalized spacial score (nSPS) is 24.9. The van der Waals surface area contributed by atoms with E-state index in [-0.39, 0.29) is 0 Å². The summed E-state index contributed by atoms with van der Waals surface area (Å²) in [6, 6.07) is 4.17. The van der Waals surface area contributed by atoms with Crippen LogP contribution in [-0.2, 0) is 6.54 Å². The Morgan fingerprint density at radius 3 is 2.36 bits per heavy atom. The fourth-order valence-corrected chi connectivity index (χ4v) is 3.84. The molecule has 2 fully saturated rings. The van der Waals surface area contributed by atoms with Crippen molar-refractivity contribution in [2.75, 3.05) is 37.6 Å². The molecule has 0 spiro atoms. The van der Waals surface area contributed by atoms with Crippen LogP contribution in [-0.4, -0.2) is 57.6 Å². The van der Waals surface area contributed by atoms with E-state index in [1.54, 1.807) is 17.2 Å². The second-order valence-electron chi connectivity index (χ2n) is 6.14. The lowest BCUT2D eigenvalue weighted by Crippen LogP contribution is -2.31. The van der Waals surface area contributed by atoms with Crippen LogP contribution in [0.1, 0.15) is 0 Å². The van der Waals surface area contributed by atoms with Crippen molar-refractivity contribution >= 4 is 21.7 Å². The van der Waals surface area contributed by atoms with Crippen LogP contribution in [0.15, 0.2) is 35.2 Å². The lowest BCUT2D eigenvalue weighted by Gasteiger charge is -2.22. The van der Waals surface area contributed by atoms with Gasteiger partial charge in [-0.05, 0) is 39.9 Å². The van der Waals surface area contributed by atoms with Crippen LogP contribution >= 0.6 is 15.9 Å². The summed E-state index contributed by atoms with van der Waals surface area (Å²) < 4.78 is 1.04. The third kappa shape index (κ3) is 2.87. The molecule has 4 heterocycles. The highest BCUT2D eigenvalue weighted by molar-refractivity contribution is 9.10. The van der Waals surface area contributed by atoms with Crippen molar-refractivity contribution < 1.29 is 0 Å². The number of aromatic nitrogens is 4. The van der Waals surface area contributed by atoms with Gasteiger partial charge in [0.2, 0.25) is 0 Å². The van der Waals surface area contributed by atoms with Crippen LogP contribution in [0.2, 0.25) is 0 Å². The smallest absolute Gasteiger partial charge is 0.128 e. The van der Waals surface area contributed by atoms with Gasteiger partial charge in [-0.3, -0.25) is 0 Å². The number of nitrogens with zero attached hydrogens (tertiary/aromatic N) is 6. The fraction of sp³-hybridized carbons (Fsp3) is 0.533. The van der Waals surface area contributed by atoms with Gasteiger partial charge in [0.05, 0.1) is 18.9 Å². The zero-order valence-corrected chi connectivity index (χ0v) is 13.9. The molecule has 0 saturated carbocycles. The van der Waals surface area contributed by atoms with E-state index in [9.17, 15) is 0 Å². The van der Waals surface area contributed by atoms with E-state index in [2.05, 4.69) is 53.0 Å². The Morgan fingerprint density at radius 1 is 1.00 bits per heavy atom. The minimum absolute atomic E-state index is 0.760. The molecule has 0 radical (unpaired) electrons. The maximum Gasteiger partial charge on any atom is 0.128 e. The standard InChI is InChI=1S/C15H19BrN6/c16-14-1-2-15(17-7-14)21-10-12-8-20(9-13(12)11-21)5-6-22-18-3-4-19-22/h1-4,7,12-13H,5-6,8-11H2. The summed E-state index contributed by atoms with van der Waals surface area (Å²) in [5, 5.41) is 8.33. The zero-order valence-electron chi connectivity index (χ0n) is 12.3. The zero-order chi connectivity index (χ0) is 14.9. The highest BCUT2D eigenvalue weighted by atomic mass is 79.9. The quantitative estimate of drug-likeness (QED) is 0.824. The Bertz CT molecular complexity index is 599. The molecule has 7 heteroatoms. The van der Waals surface area contributed by atoms with Gasteiger partial charge in [-0.15, -0.1) is 0 Å². The van der Waals surface area contributed by atoms with Crippen molar-refractivity contribution in [3.63, 3.8) is 0 Å². The molecule has 2 aliphatic rings. The molecule has 0 aliphatic carbocycles. The molecule has 2 aromatic rings. The number of fused-ring (bicyclic) bond motifs is 1. The highest BCUT2D eigenvalue weighted by Crippen LogP contribution is 2.33. The molecule has 2 atom stereocenters. The minimum Gasteiger partial charge on any atom is -0.356 e. The molecule has 4 rings (SSSR count). The molecule has 116 valence electrons. The first-order valence-electron chi connectivity index (χ1n) is 7.71. The molecule has 2 aliphatic heterocycles. The average Bonchev–Trinajstić information content (AvgIpc) is 3.21. The second kappa shape index (κ2) is 5.96. The number of likely N-dealkylation sites (tertiary alicyclic amines) is 1. The minimum atomic E-state index is 0.760. The SMILES string of the molecule is Brc1ccc(N2CC3CN(CCn4nccn4)CC3C2)nc1. The number of pyridine rings is 1. The maximum absolute atomic E-state index is 4.52. The van der Waals surface area contributed by atoms with E-state index in [4.69, 9.17) is 0 Å². The lowest BCUT2D eigenvalue weighted by atomic mass is 10.0. The molecular weight excluding hydrogens is 344 g/mol. The summed E-state index contributed by atoms with van der Waals surface area (Å²) in [4.78, 5) is 11.3. The highest BCUT2D eigenvalue weighted by Gasteiger charge is 2.40. The van der Waals surface area contributed by atoms with Crippen molar-refractivity contribution in [3.05, 3.63) is 35.2 Å². The van der Waals surface area contributed by atoms with Crippen molar-refractivity contribution in [1.82, 2.24) is 24.9 Å². The molecule has 2 unspecified atom stereocenters. The van der Waals surface area contributed by atoms with Gasteiger partial charge in [0, 0.05) is 43.4 Å². The van der Waals surface area contributed by atoms with Crippen LogP contribution < -0.4 is 4.90 Å². The van der Waals surface area contributed by atoms with Crippen LogP contribution in [0.3, 0.4) is 0 Å². The summed E-state index contributed by atoms with van der Waals surface area (Å²) in [7, 11) is 0. The van der Waals surface area contributed by atoms with E-state index in [1.807, 2.05) is 6.20 Å². The molecular formula is C15H19BrN6. The Hall–Kier alpha value is -1.47. The summed E-state index contributed by atoms with van der Waals surface area (Å²) >= 11 is 3.44. The van der Waals surface area contributed by atoms with E-state index in [0.29, 0.717) is 0 Å². The van der Waals surface area contributed by atoms with Gasteiger partial charge in [-0.2, -0.15) is 15.0 Å². The number of hydrogen-bond acceptors (Lipinski definition) is 5. The van der Waals surface area contributed by atoms with Crippen LogP contribution in [0.4, 0.5) is 5.82 Å². The summed E-state index contributed by atoms with van der Waals surface area (Å²) in [5.74, 6) is 2.62. The molecule has 0 amide bonds. The first-order valence-corrected chi connectivity index (χ1v) is 8.50. The van der Waals surface area contributed by atoms with Gasteiger partial charge in [0.15, 0.2) is 0 Å². The maximum atomic E-state index is 4.52. The molecule has 22 heavy (non-hydrogen) atoms. The van der Waals surface area contributed by atoms with Crippen LogP contribution in [0, 0.1) is 11.8 Å². The van der Waals surface area contributed by atoms with Gasteiger partial charge in [-0.1, -0.05) is 0 Å². The summed E-state index contributed by atoms with van der Waals surface area (Å²) in [5.41, 5.74) is 0. The first-order chi connectivity index (χ1) is 10.8. The average molecular weight is 363 g/mol. The Morgan fingerprint density at radius 2 is 1.73 bits per heavy atom. The van der Waals surface area contributed by atoms with E-state index < -0.39 is 0 Å². The van der Waals surface area contributed by atoms with E-state index in [0.717, 1.165) is 48.3 Å².